The zero-order valence-corrected chi connectivity index (χ0v) is 15.6. The van der Waals surface area contributed by atoms with Crippen molar-refractivity contribution in [3.8, 4) is 0 Å². The minimum Gasteiger partial charge on any atom is -0.374 e. The molecule has 0 unspecified atom stereocenters. The van der Waals surface area contributed by atoms with Crippen LogP contribution in [0.15, 0.2) is 0 Å². The summed E-state index contributed by atoms with van der Waals surface area (Å²) < 4.78 is 17.5. The maximum absolute atomic E-state index is 11.5. The molecule has 0 atom stereocenters. The first-order valence-electron chi connectivity index (χ1n) is 8.45. The van der Waals surface area contributed by atoms with Gasteiger partial charge in [0.15, 0.2) is 0 Å². The van der Waals surface area contributed by atoms with E-state index in [4.69, 9.17) is 13.3 Å². The number of ketones is 1. The molecule has 21 heavy (non-hydrogen) atoms. The van der Waals surface area contributed by atoms with Gasteiger partial charge in [-0.1, -0.05) is 26.7 Å². The summed E-state index contributed by atoms with van der Waals surface area (Å²) in [6.07, 6.45) is 4.94. The first-order valence-corrected chi connectivity index (χ1v) is 10.4. The number of rotatable bonds is 14. The summed E-state index contributed by atoms with van der Waals surface area (Å²) in [6, 6.07) is 0.876. The molecule has 0 radical (unpaired) electrons. The second-order valence-electron chi connectivity index (χ2n) is 5.52. The van der Waals surface area contributed by atoms with E-state index in [-0.39, 0.29) is 5.92 Å². The van der Waals surface area contributed by atoms with Crippen LogP contribution in [-0.4, -0.2) is 34.4 Å². The van der Waals surface area contributed by atoms with Gasteiger partial charge in [-0.2, -0.15) is 0 Å². The summed E-state index contributed by atoms with van der Waals surface area (Å²) in [5.41, 5.74) is 0. The van der Waals surface area contributed by atoms with Crippen LogP contribution < -0.4 is 0 Å². The summed E-state index contributed by atoms with van der Waals surface area (Å²) in [7, 11) is -2.46. The van der Waals surface area contributed by atoms with E-state index in [2.05, 4.69) is 0 Å². The van der Waals surface area contributed by atoms with Crippen LogP contribution >= 0.6 is 0 Å². The Morgan fingerprint density at radius 3 is 1.76 bits per heavy atom. The van der Waals surface area contributed by atoms with Gasteiger partial charge in [0.2, 0.25) is 0 Å². The lowest BCUT2D eigenvalue weighted by Gasteiger charge is -2.28. The first kappa shape index (κ1) is 20.8. The molecule has 0 aromatic carbocycles. The van der Waals surface area contributed by atoms with Crippen molar-refractivity contribution in [1.29, 1.82) is 0 Å². The molecular formula is C16H34O4Si. The van der Waals surface area contributed by atoms with Gasteiger partial charge in [0.25, 0.3) is 0 Å². The number of unbranched alkanes of at least 4 members (excludes halogenated alkanes) is 3. The van der Waals surface area contributed by atoms with Gasteiger partial charge in [0.05, 0.1) is 0 Å². The SMILES string of the molecule is CCO[Si](CCCCCCC(=O)C(C)C)(OCC)OCC. The third-order valence-electron chi connectivity index (χ3n) is 3.39. The molecule has 5 heteroatoms. The van der Waals surface area contributed by atoms with Gasteiger partial charge in [0, 0.05) is 38.2 Å². The Hall–Kier alpha value is -0.233. The van der Waals surface area contributed by atoms with Crippen molar-refractivity contribution < 1.29 is 18.1 Å². The van der Waals surface area contributed by atoms with Gasteiger partial charge >= 0.3 is 8.80 Å². The minimum absolute atomic E-state index is 0.166. The third-order valence-corrected chi connectivity index (χ3v) is 6.54. The molecule has 0 aromatic heterocycles. The Balaban J connectivity index is 3.99. The van der Waals surface area contributed by atoms with Crippen LogP contribution in [0.3, 0.4) is 0 Å². The van der Waals surface area contributed by atoms with Gasteiger partial charge < -0.3 is 13.3 Å². The van der Waals surface area contributed by atoms with Gasteiger partial charge in [0.1, 0.15) is 5.78 Å². The Morgan fingerprint density at radius 2 is 1.33 bits per heavy atom. The smallest absolute Gasteiger partial charge is 0.374 e. The lowest BCUT2D eigenvalue weighted by molar-refractivity contribution is -0.122. The van der Waals surface area contributed by atoms with Crippen molar-refractivity contribution in [3.05, 3.63) is 0 Å². The molecule has 0 amide bonds. The summed E-state index contributed by atoms with van der Waals surface area (Å²) in [4.78, 5) is 11.5. The predicted octanol–water partition coefficient (Wildman–Crippen LogP) is 4.21. The molecule has 0 heterocycles. The number of Topliss-reactive ketones (excluding diaryl/α,β-unsaturated/α-hetero) is 1. The number of hydrogen-bond donors (Lipinski definition) is 0. The van der Waals surface area contributed by atoms with Gasteiger partial charge in [-0.3, -0.25) is 4.79 Å². The Kier molecular flexibility index (Phi) is 12.2. The van der Waals surface area contributed by atoms with Crippen LogP contribution in [0, 0.1) is 5.92 Å². The summed E-state index contributed by atoms with van der Waals surface area (Å²) in [5, 5.41) is 0. The fraction of sp³-hybridized carbons (Fsp3) is 0.938. The quantitative estimate of drug-likeness (QED) is 0.355. The van der Waals surface area contributed by atoms with Crippen molar-refractivity contribution in [3.63, 3.8) is 0 Å². The van der Waals surface area contributed by atoms with Gasteiger partial charge in [-0.15, -0.1) is 0 Å². The molecule has 0 aliphatic heterocycles. The van der Waals surface area contributed by atoms with E-state index in [1.807, 2.05) is 34.6 Å². The van der Waals surface area contributed by atoms with Gasteiger partial charge in [-0.25, -0.2) is 0 Å². The molecule has 0 rings (SSSR count). The monoisotopic (exact) mass is 318 g/mol. The highest BCUT2D eigenvalue weighted by Gasteiger charge is 2.39. The van der Waals surface area contributed by atoms with E-state index in [9.17, 15) is 4.79 Å². The van der Waals surface area contributed by atoms with Crippen LogP contribution in [0.4, 0.5) is 0 Å². The molecule has 0 saturated heterocycles. The highest BCUT2D eigenvalue weighted by atomic mass is 28.4. The molecule has 0 saturated carbocycles. The fourth-order valence-corrected chi connectivity index (χ4v) is 4.97. The summed E-state index contributed by atoms with van der Waals surface area (Å²) in [6.45, 7) is 11.8. The molecule has 0 N–H and O–H groups in total. The minimum atomic E-state index is -2.46. The van der Waals surface area contributed by atoms with E-state index < -0.39 is 8.80 Å². The molecule has 0 aliphatic rings. The second kappa shape index (κ2) is 12.3. The molecule has 126 valence electrons. The summed E-state index contributed by atoms with van der Waals surface area (Å²) in [5.74, 6) is 0.538. The third kappa shape index (κ3) is 9.40. The van der Waals surface area contributed by atoms with E-state index in [1.165, 1.54) is 0 Å². The number of hydrogen-bond acceptors (Lipinski definition) is 4. The molecule has 0 aromatic rings. The van der Waals surface area contributed by atoms with Crippen LogP contribution in [-0.2, 0) is 18.1 Å². The number of carbonyl (C=O) groups is 1. The molecule has 0 aliphatic carbocycles. The maximum atomic E-state index is 11.5. The van der Waals surface area contributed by atoms with Crippen molar-refractivity contribution in [1.82, 2.24) is 0 Å². The zero-order chi connectivity index (χ0) is 16.1. The zero-order valence-electron chi connectivity index (χ0n) is 14.6. The van der Waals surface area contributed by atoms with Crippen LogP contribution in [0.25, 0.3) is 0 Å². The molecule has 0 bridgehead atoms. The van der Waals surface area contributed by atoms with Crippen LogP contribution in [0.1, 0.15) is 66.7 Å². The number of carbonyl (C=O) groups excluding carboxylic acids is 1. The van der Waals surface area contributed by atoms with Crippen molar-refractivity contribution in [2.75, 3.05) is 19.8 Å². The Bertz CT molecular complexity index is 252. The molecule has 4 nitrogen and oxygen atoms in total. The van der Waals surface area contributed by atoms with E-state index >= 15 is 0 Å². The molecule has 0 spiro atoms. The lowest BCUT2D eigenvalue weighted by atomic mass is 10.0. The maximum Gasteiger partial charge on any atom is 0.500 e. The van der Waals surface area contributed by atoms with Crippen LogP contribution in [0.5, 0.6) is 0 Å². The second-order valence-corrected chi connectivity index (χ2v) is 8.25. The standard InChI is InChI=1S/C16H34O4Si/c1-6-18-21(19-7-2,20-8-3)14-12-10-9-11-13-16(17)15(4)5/h15H,6-14H2,1-5H3. The first-order chi connectivity index (χ1) is 10.0. The van der Waals surface area contributed by atoms with Crippen molar-refractivity contribution >= 4 is 14.6 Å². The van der Waals surface area contributed by atoms with Crippen LogP contribution in [0.2, 0.25) is 6.04 Å². The highest BCUT2D eigenvalue weighted by molar-refractivity contribution is 6.60. The van der Waals surface area contributed by atoms with Crippen molar-refractivity contribution in [2.24, 2.45) is 5.92 Å². The highest BCUT2D eigenvalue weighted by Crippen LogP contribution is 2.20. The van der Waals surface area contributed by atoms with Crippen molar-refractivity contribution in [2.45, 2.75) is 72.8 Å². The van der Waals surface area contributed by atoms with E-state index in [1.54, 1.807) is 0 Å². The molecular weight excluding hydrogens is 284 g/mol. The average molecular weight is 319 g/mol. The van der Waals surface area contributed by atoms with E-state index in [0.29, 0.717) is 32.0 Å². The largest absolute Gasteiger partial charge is 0.500 e. The van der Waals surface area contributed by atoms with E-state index in [0.717, 1.165) is 31.7 Å². The topological polar surface area (TPSA) is 44.8 Å². The summed E-state index contributed by atoms with van der Waals surface area (Å²) >= 11 is 0. The Morgan fingerprint density at radius 1 is 0.857 bits per heavy atom. The lowest BCUT2D eigenvalue weighted by Crippen LogP contribution is -2.45. The fourth-order valence-electron chi connectivity index (χ4n) is 2.28. The normalized spacial score (nSPS) is 12.1. The van der Waals surface area contributed by atoms with Gasteiger partial charge in [-0.05, 0) is 33.6 Å². The Labute approximate surface area is 131 Å². The predicted molar refractivity (Wildman–Crippen MR) is 88.4 cm³/mol. The molecule has 0 fully saturated rings. The average Bonchev–Trinajstić information content (AvgIpc) is 2.43.